The molecule has 0 aromatic rings. The number of carboxylic acid groups (broad SMARTS) is 1. The number of aliphatic carboxylic acids is 1. The van der Waals surface area contributed by atoms with E-state index in [-0.39, 0.29) is 0 Å². The fourth-order valence-electron chi connectivity index (χ4n) is 1.26. The minimum atomic E-state index is -0.885. The van der Waals surface area contributed by atoms with Crippen molar-refractivity contribution in [2.75, 3.05) is 0 Å². The second-order valence-corrected chi connectivity index (χ2v) is 4.09. The average Bonchev–Trinajstić information content (AvgIpc) is 2.73. The van der Waals surface area contributed by atoms with E-state index < -0.39 is 5.97 Å². The van der Waals surface area contributed by atoms with Crippen LogP contribution in [-0.2, 0) is 4.79 Å². The predicted molar refractivity (Wildman–Crippen MR) is 61.7 cm³/mol. The highest BCUT2D eigenvalue weighted by molar-refractivity contribution is 5.85. The number of fused-ring (bicyclic) bond motifs is 1. The van der Waals surface area contributed by atoms with Crippen LogP contribution in [0.1, 0.15) is 20.3 Å². The van der Waals surface area contributed by atoms with Gasteiger partial charge in [0.05, 0.1) is 0 Å². The standard InChI is InChI=1S/C7H12O2.C6H4/c1-5(2)4-6(3)7(8)9;1-2-5-4-6(5)3-1/h5H,3-4H2,1-2H3,(H,8,9);1-4H. The predicted octanol–water partition coefficient (Wildman–Crippen LogP) is 3.34. The van der Waals surface area contributed by atoms with Crippen LogP contribution < -0.4 is 0 Å². The van der Waals surface area contributed by atoms with Crippen LogP contribution in [0.3, 0.4) is 0 Å². The summed E-state index contributed by atoms with van der Waals surface area (Å²) in [5, 5.41) is 8.33. The molecule has 0 radical (unpaired) electrons. The minimum Gasteiger partial charge on any atom is -0.478 e. The third kappa shape index (κ3) is 3.98. The molecule has 2 aliphatic rings. The molecule has 0 aliphatic heterocycles. The van der Waals surface area contributed by atoms with E-state index >= 15 is 0 Å². The molecule has 0 unspecified atom stereocenters. The van der Waals surface area contributed by atoms with Crippen LogP contribution in [0.5, 0.6) is 0 Å². The van der Waals surface area contributed by atoms with Crippen molar-refractivity contribution in [2.24, 2.45) is 5.92 Å². The highest BCUT2D eigenvalue weighted by Gasteiger charge is 2.07. The van der Waals surface area contributed by atoms with Gasteiger partial charge in [0.15, 0.2) is 0 Å². The Morgan fingerprint density at radius 2 is 1.93 bits per heavy atom. The number of carboxylic acids is 1. The molecule has 1 N–H and O–H groups in total. The quantitative estimate of drug-likeness (QED) is 0.778. The largest absolute Gasteiger partial charge is 0.478 e. The maximum absolute atomic E-state index is 10.1. The fourth-order valence-corrected chi connectivity index (χ4v) is 1.26. The van der Waals surface area contributed by atoms with E-state index in [4.69, 9.17) is 5.11 Å². The summed E-state index contributed by atoms with van der Waals surface area (Å²) in [5.74, 6) is -0.502. The van der Waals surface area contributed by atoms with Crippen molar-refractivity contribution < 1.29 is 9.90 Å². The molecular weight excluding hydrogens is 188 g/mol. The van der Waals surface area contributed by atoms with Crippen molar-refractivity contribution in [1.82, 2.24) is 0 Å². The van der Waals surface area contributed by atoms with Crippen LogP contribution in [-0.4, -0.2) is 11.1 Å². The zero-order chi connectivity index (χ0) is 11.4. The number of benzene rings is 1. The first-order valence-corrected chi connectivity index (χ1v) is 5.02. The van der Waals surface area contributed by atoms with Gasteiger partial charge >= 0.3 is 5.97 Å². The first kappa shape index (κ1) is 11.5. The Hall–Kier alpha value is -1.57. The lowest BCUT2D eigenvalue weighted by atomic mass is 10.1. The molecule has 2 nitrogen and oxygen atoms in total. The van der Waals surface area contributed by atoms with Crippen LogP contribution >= 0.6 is 0 Å². The SMILES string of the molecule is C=C(CC(C)C)C(=O)O.c1cc2cc-2c1. The van der Waals surface area contributed by atoms with Gasteiger partial charge in [-0.15, -0.1) is 0 Å². The van der Waals surface area contributed by atoms with Crippen molar-refractivity contribution in [3.63, 3.8) is 0 Å². The molecule has 0 saturated carbocycles. The lowest BCUT2D eigenvalue weighted by Crippen LogP contribution is -2.01. The Kier molecular flexibility index (Phi) is 3.67. The normalized spacial score (nSPS) is 10.3. The van der Waals surface area contributed by atoms with Crippen molar-refractivity contribution in [3.05, 3.63) is 36.4 Å². The molecule has 2 aliphatic carbocycles. The molecule has 0 atom stereocenters. The second kappa shape index (κ2) is 4.78. The molecule has 80 valence electrons. The molecule has 2 rings (SSSR count). The van der Waals surface area contributed by atoms with Crippen molar-refractivity contribution >= 4 is 5.97 Å². The summed E-state index contributed by atoms with van der Waals surface area (Å²) in [5.41, 5.74) is 3.15. The van der Waals surface area contributed by atoms with E-state index in [1.807, 2.05) is 13.8 Å². The number of rotatable bonds is 3. The van der Waals surface area contributed by atoms with Gasteiger partial charge in [0.1, 0.15) is 0 Å². The Morgan fingerprint density at radius 3 is 2.07 bits per heavy atom. The highest BCUT2D eigenvalue weighted by atomic mass is 16.4. The second-order valence-electron chi connectivity index (χ2n) is 4.09. The van der Waals surface area contributed by atoms with Gasteiger partial charge in [-0.2, -0.15) is 0 Å². The number of hydrogen-bond acceptors (Lipinski definition) is 1. The first-order chi connectivity index (χ1) is 7.00. The first-order valence-electron chi connectivity index (χ1n) is 5.02. The van der Waals surface area contributed by atoms with E-state index in [1.54, 1.807) is 0 Å². The Labute approximate surface area is 90.3 Å². The summed E-state index contributed by atoms with van der Waals surface area (Å²) in [6.07, 6.45) is 0.579. The molecule has 0 amide bonds. The molecule has 0 fully saturated rings. The molecular formula is C13H16O2. The Bertz CT molecular complexity index is 361. The molecule has 0 heterocycles. The van der Waals surface area contributed by atoms with Crippen LogP contribution in [0, 0.1) is 5.92 Å². The summed E-state index contributed by atoms with van der Waals surface area (Å²) < 4.78 is 0. The maximum Gasteiger partial charge on any atom is 0.330 e. The average molecular weight is 204 g/mol. The van der Waals surface area contributed by atoms with Crippen molar-refractivity contribution in [2.45, 2.75) is 20.3 Å². The van der Waals surface area contributed by atoms with E-state index in [9.17, 15) is 4.79 Å². The monoisotopic (exact) mass is 204 g/mol. The summed E-state index contributed by atoms with van der Waals surface area (Å²) in [6, 6.07) is 8.48. The zero-order valence-corrected chi connectivity index (χ0v) is 9.16. The van der Waals surface area contributed by atoms with Gasteiger partial charge in [-0.05, 0) is 29.5 Å². The van der Waals surface area contributed by atoms with Gasteiger partial charge < -0.3 is 5.11 Å². The van der Waals surface area contributed by atoms with Gasteiger partial charge in [-0.1, -0.05) is 38.6 Å². The molecule has 0 aromatic carbocycles. The maximum atomic E-state index is 10.1. The molecule has 2 heteroatoms. The van der Waals surface area contributed by atoms with Crippen molar-refractivity contribution in [3.8, 4) is 11.1 Å². The Morgan fingerprint density at radius 1 is 1.40 bits per heavy atom. The lowest BCUT2D eigenvalue weighted by Gasteiger charge is -2.01. The van der Waals surface area contributed by atoms with Crippen LogP contribution in [0.4, 0.5) is 0 Å². The third-order valence-electron chi connectivity index (χ3n) is 2.07. The number of carbonyl (C=O) groups is 1. The summed E-state index contributed by atoms with van der Waals surface area (Å²) in [7, 11) is 0. The van der Waals surface area contributed by atoms with E-state index in [1.165, 1.54) is 11.1 Å². The zero-order valence-electron chi connectivity index (χ0n) is 9.16. The van der Waals surface area contributed by atoms with Gasteiger partial charge in [0, 0.05) is 5.57 Å². The summed E-state index contributed by atoms with van der Waals surface area (Å²) in [4.78, 5) is 10.1. The molecule has 0 bridgehead atoms. The van der Waals surface area contributed by atoms with Crippen LogP contribution in [0.25, 0.3) is 11.1 Å². The topological polar surface area (TPSA) is 37.3 Å². The van der Waals surface area contributed by atoms with Crippen LogP contribution in [0.2, 0.25) is 0 Å². The van der Waals surface area contributed by atoms with Gasteiger partial charge in [0.25, 0.3) is 0 Å². The van der Waals surface area contributed by atoms with E-state index in [0.29, 0.717) is 17.9 Å². The molecule has 15 heavy (non-hydrogen) atoms. The summed E-state index contributed by atoms with van der Waals surface area (Å²) in [6.45, 7) is 7.33. The Balaban J connectivity index is 0.000000158. The fraction of sp³-hybridized carbons (Fsp3) is 0.308. The van der Waals surface area contributed by atoms with Gasteiger partial charge in [-0.25, -0.2) is 4.79 Å². The molecule has 0 saturated heterocycles. The van der Waals surface area contributed by atoms with Crippen molar-refractivity contribution in [1.29, 1.82) is 0 Å². The van der Waals surface area contributed by atoms with E-state index in [2.05, 4.69) is 30.8 Å². The van der Waals surface area contributed by atoms with E-state index in [0.717, 1.165) is 0 Å². The molecule has 0 spiro atoms. The highest BCUT2D eigenvalue weighted by Crippen LogP contribution is 2.32. The van der Waals surface area contributed by atoms with Gasteiger partial charge in [0.2, 0.25) is 0 Å². The molecule has 0 aromatic heterocycles. The number of hydrogen-bond donors (Lipinski definition) is 1. The lowest BCUT2D eigenvalue weighted by molar-refractivity contribution is -0.132. The smallest absolute Gasteiger partial charge is 0.330 e. The summed E-state index contributed by atoms with van der Waals surface area (Å²) >= 11 is 0. The van der Waals surface area contributed by atoms with Crippen LogP contribution in [0.15, 0.2) is 36.4 Å². The third-order valence-corrected chi connectivity index (χ3v) is 2.07. The van der Waals surface area contributed by atoms with Gasteiger partial charge in [-0.3, -0.25) is 0 Å². The minimum absolute atomic E-state index is 0.296.